The van der Waals surface area contributed by atoms with Crippen molar-refractivity contribution in [1.29, 1.82) is 0 Å². The molecule has 214 valence electrons. The number of nitrogens with one attached hydrogen (secondary N) is 2. The van der Waals surface area contributed by atoms with Crippen LogP contribution in [0.4, 0.5) is 14.7 Å². The van der Waals surface area contributed by atoms with Crippen molar-refractivity contribution in [3.8, 4) is 0 Å². The van der Waals surface area contributed by atoms with Gasteiger partial charge in [-0.2, -0.15) is 9.50 Å². The molecule has 0 radical (unpaired) electrons. The standard InChI is InChI=1S/C29H31F2N7O3/c1-15-18-8-10-23(20(18)7-6-19(15)26(40)41-29(2,3)4)33-14-17-12-24(38-28(35-17)36-27(32)37-38)25(39)34-13-16-5-9-21(30)22(31)11-16/h5-7,9,11-12,23,33H,8,10,13-14H2,1-4H3,(H2,32,37)(H,34,39)/t23-/m0/s1. The minimum atomic E-state index is -0.995. The van der Waals surface area contributed by atoms with Gasteiger partial charge in [-0.1, -0.05) is 12.1 Å². The summed E-state index contributed by atoms with van der Waals surface area (Å²) in [6, 6.07) is 8.79. The van der Waals surface area contributed by atoms with E-state index in [2.05, 4.69) is 25.7 Å². The summed E-state index contributed by atoms with van der Waals surface area (Å²) in [6.45, 7) is 7.76. The number of hydrogen-bond acceptors (Lipinski definition) is 8. The number of anilines is 1. The lowest BCUT2D eigenvalue weighted by Crippen LogP contribution is -2.27. The number of nitrogens with zero attached hydrogens (tertiary/aromatic N) is 4. The predicted octanol–water partition coefficient (Wildman–Crippen LogP) is 3.96. The molecule has 10 nitrogen and oxygen atoms in total. The van der Waals surface area contributed by atoms with Crippen LogP contribution in [0.5, 0.6) is 0 Å². The molecule has 0 saturated heterocycles. The average molecular weight is 564 g/mol. The number of ether oxygens (including phenoxy) is 1. The number of carbonyl (C=O) groups excluding carboxylic acids is 2. The minimum absolute atomic E-state index is 0.0167. The van der Waals surface area contributed by atoms with Crippen LogP contribution in [-0.4, -0.2) is 37.1 Å². The number of fused-ring (bicyclic) bond motifs is 2. The Labute approximate surface area is 235 Å². The molecule has 0 saturated carbocycles. The highest BCUT2D eigenvalue weighted by Crippen LogP contribution is 2.35. The molecule has 4 aromatic rings. The number of hydrogen-bond donors (Lipinski definition) is 3. The van der Waals surface area contributed by atoms with Crippen LogP contribution in [-0.2, 0) is 24.2 Å². The Balaban J connectivity index is 1.32. The van der Waals surface area contributed by atoms with Gasteiger partial charge in [0.15, 0.2) is 11.6 Å². The normalized spacial score (nSPS) is 14.7. The lowest BCUT2D eigenvalue weighted by Gasteiger charge is -2.21. The first kappa shape index (κ1) is 28.1. The molecule has 4 N–H and O–H groups in total. The summed E-state index contributed by atoms with van der Waals surface area (Å²) in [7, 11) is 0. The highest BCUT2D eigenvalue weighted by atomic mass is 19.2. The molecule has 1 atom stereocenters. The largest absolute Gasteiger partial charge is 0.456 e. The van der Waals surface area contributed by atoms with Gasteiger partial charge in [0, 0.05) is 19.1 Å². The third kappa shape index (κ3) is 6.02. The van der Waals surface area contributed by atoms with Crippen molar-refractivity contribution in [3.05, 3.63) is 87.2 Å². The summed E-state index contributed by atoms with van der Waals surface area (Å²) in [4.78, 5) is 34.4. The van der Waals surface area contributed by atoms with Crippen molar-refractivity contribution in [2.45, 2.75) is 65.3 Å². The Morgan fingerprint density at radius 3 is 2.61 bits per heavy atom. The highest BCUT2D eigenvalue weighted by molar-refractivity contribution is 5.93. The number of nitrogens with two attached hydrogens (primary N) is 1. The maximum atomic E-state index is 13.6. The van der Waals surface area contributed by atoms with Crippen molar-refractivity contribution < 1.29 is 23.1 Å². The minimum Gasteiger partial charge on any atom is -0.456 e. The molecule has 2 aromatic carbocycles. The van der Waals surface area contributed by atoms with Gasteiger partial charge in [-0.15, -0.1) is 5.10 Å². The molecule has 5 rings (SSSR count). The van der Waals surface area contributed by atoms with Crippen molar-refractivity contribution in [1.82, 2.24) is 30.2 Å². The second kappa shape index (κ2) is 10.8. The van der Waals surface area contributed by atoms with Gasteiger partial charge in [-0.3, -0.25) is 4.79 Å². The van der Waals surface area contributed by atoms with Crippen LogP contribution < -0.4 is 16.4 Å². The van der Waals surface area contributed by atoms with Crippen molar-refractivity contribution in [2.75, 3.05) is 5.73 Å². The zero-order valence-electron chi connectivity index (χ0n) is 23.2. The molecular weight excluding hydrogens is 532 g/mol. The van der Waals surface area contributed by atoms with E-state index in [9.17, 15) is 18.4 Å². The quantitative estimate of drug-likeness (QED) is 0.288. The highest BCUT2D eigenvalue weighted by Gasteiger charge is 2.28. The molecule has 0 unspecified atom stereocenters. The van der Waals surface area contributed by atoms with Crippen molar-refractivity contribution in [2.24, 2.45) is 0 Å². The fourth-order valence-corrected chi connectivity index (χ4v) is 4.98. The lowest BCUT2D eigenvalue weighted by molar-refractivity contribution is 0.00684. The third-order valence-corrected chi connectivity index (χ3v) is 6.89. The number of amides is 1. The smallest absolute Gasteiger partial charge is 0.338 e. The number of rotatable bonds is 7. The first-order chi connectivity index (χ1) is 19.4. The second-order valence-corrected chi connectivity index (χ2v) is 11.0. The number of carbonyl (C=O) groups is 2. The number of nitrogen functional groups attached to an aromatic ring is 1. The van der Waals surface area contributed by atoms with Crippen LogP contribution in [0.1, 0.15) is 82.0 Å². The SMILES string of the molecule is Cc1c(C(=O)OC(C)(C)C)ccc2c1CC[C@@H]2NCc1cc(C(=O)NCc2ccc(F)c(F)c2)n2nc(N)nc2n1. The Kier molecular flexibility index (Phi) is 7.43. The summed E-state index contributed by atoms with van der Waals surface area (Å²) in [5.41, 5.74) is 9.98. The monoisotopic (exact) mass is 563 g/mol. The Bertz CT molecular complexity index is 1660. The van der Waals surface area contributed by atoms with Gasteiger partial charge in [-0.25, -0.2) is 18.6 Å². The molecular formula is C29H31F2N7O3. The zero-order valence-corrected chi connectivity index (χ0v) is 23.2. The van der Waals surface area contributed by atoms with Crippen molar-refractivity contribution >= 4 is 23.6 Å². The summed E-state index contributed by atoms with van der Waals surface area (Å²) in [6.07, 6.45) is 1.63. The van der Waals surface area contributed by atoms with Gasteiger partial charge in [0.25, 0.3) is 11.7 Å². The molecule has 41 heavy (non-hydrogen) atoms. The van der Waals surface area contributed by atoms with Crippen LogP contribution in [0.2, 0.25) is 0 Å². The van der Waals surface area contributed by atoms with Gasteiger partial charge in [0.2, 0.25) is 5.95 Å². The Morgan fingerprint density at radius 1 is 1.10 bits per heavy atom. The molecule has 0 aliphatic heterocycles. The third-order valence-electron chi connectivity index (χ3n) is 6.89. The average Bonchev–Trinajstić information content (AvgIpc) is 3.49. The number of halogens is 2. The first-order valence-corrected chi connectivity index (χ1v) is 13.2. The van der Waals surface area contributed by atoms with Gasteiger partial charge >= 0.3 is 5.97 Å². The van der Waals surface area contributed by atoms with Gasteiger partial charge < -0.3 is 21.1 Å². The predicted molar refractivity (Wildman–Crippen MR) is 147 cm³/mol. The molecule has 0 spiro atoms. The molecule has 1 amide bonds. The summed E-state index contributed by atoms with van der Waals surface area (Å²) >= 11 is 0. The number of esters is 1. The Morgan fingerprint density at radius 2 is 1.88 bits per heavy atom. The maximum absolute atomic E-state index is 13.6. The second-order valence-electron chi connectivity index (χ2n) is 11.0. The maximum Gasteiger partial charge on any atom is 0.338 e. The summed E-state index contributed by atoms with van der Waals surface area (Å²) in [5.74, 6) is -2.69. The van der Waals surface area contributed by atoms with E-state index in [1.165, 1.54) is 10.6 Å². The molecule has 0 bridgehead atoms. The van der Waals surface area contributed by atoms with Crippen LogP contribution >= 0.6 is 0 Å². The zero-order chi connectivity index (χ0) is 29.5. The van der Waals surface area contributed by atoms with E-state index in [0.29, 0.717) is 23.4 Å². The van der Waals surface area contributed by atoms with E-state index in [-0.39, 0.29) is 36.0 Å². The van der Waals surface area contributed by atoms with Gasteiger partial charge in [0.05, 0.1) is 11.3 Å². The molecule has 12 heteroatoms. The van der Waals surface area contributed by atoms with Crippen LogP contribution in [0.15, 0.2) is 36.4 Å². The number of benzene rings is 2. The molecule has 1 aliphatic rings. The summed E-state index contributed by atoms with van der Waals surface area (Å²) in [5, 5.41) is 10.3. The molecule has 1 aliphatic carbocycles. The van der Waals surface area contributed by atoms with Crippen LogP contribution in [0.25, 0.3) is 5.78 Å². The van der Waals surface area contributed by atoms with E-state index in [0.717, 1.165) is 41.7 Å². The van der Waals surface area contributed by atoms with Gasteiger partial charge in [-0.05, 0) is 87.1 Å². The van der Waals surface area contributed by atoms with Crippen molar-refractivity contribution in [3.63, 3.8) is 0 Å². The van der Waals surface area contributed by atoms with E-state index in [1.54, 1.807) is 12.1 Å². The fraction of sp³-hybridized carbons (Fsp3) is 0.345. The molecule has 2 heterocycles. The molecule has 2 aromatic heterocycles. The summed E-state index contributed by atoms with van der Waals surface area (Å²) < 4.78 is 33.6. The lowest BCUT2D eigenvalue weighted by atomic mass is 9.97. The number of aromatic nitrogens is 4. The van der Waals surface area contributed by atoms with Gasteiger partial charge in [0.1, 0.15) is 11.3 Å². The topological polar surface area (TPSA) is 137 Å². The van der Waals surface area contributed by atoms with E-state index < -0.39 is 23.1 Å². The molecule has 0 fully saturated rings. The fourth-order valence-electron chi connectivity index (χ4n) is 4.98. The van der Waals surface area contributed by atoms with Crippen LogP contribution in [0.3, 0.4) is 0 Å². The van der Waals surface area contributed by atoms with E-state index >= 15 is 0 Å². The first-order valence-electron chi connectivity index (χ1n) is 13.2. The van der Waals surface area contributed by atoms with Crippen LogP contribution in [0, 0.1) is 18.6 Å². The Hall–Kier alpha value is -4.45. The van der Waals surface area contributed by atoms with E-state index in [1.807, 2.05) is 33.8 Å². The van der Waals surface area contributed by atoms with E-state index in [4.69, 9.17) is 10.5 Å².